The van der Waals surface area contributed by atoms with Crippen LogP contribution in [0.25, 0.3) is 0 Å². The highest BCUT2D eigenvalue weighted by Gasteiger charge is 2.32. The molecule has 1 atom stereocenters. The second-order valence-corrected chi connectivity index (χ2v) is 5.75. The number of piperazine rings is 1. The summed E-state index contributed by atoms with van der Waals surface area (Å²) in [5, 5.41) is 3.27. The maximum atomic E-state index is 5.95. The molecule has 0 amide bonds. The molecule has 2 rings (SSSR count). The van der Waals surface area contributed by atoms with Crippen LogP contribution in [0.2, 0.25) is 0 Å². The van der Waals surface area contributed by atoms with Gasteiger partial charge in [-0.2, -0.15) is 0 Å². The van der Waals surface area contributed by atoms with E-state index in [9.17, 15) is 0 Å². The van der Waals surface area contributed by atoms with Gasteiger partial charge in [0.25, 0.3) is 0 Å². The highest BCUT2D eigenvalue weighted by molar-refractivity contribution is 4.90. The summed E-state index contributed by atoms with van der Waals surface area (Å²) < 4.78 is 5.95. The molecule has 0 aromatic carbocycles. The summed E-state index contributed by atoms with van der Waals surface area (Å²) in [4.78, 5) is 5.03. The summed E-state index contributed by atoms with van der Waals surface area (Å²) in [5.41, 5.74) is 0.108. The SMILES string of the molecule is CCC1CN(CCOC2(C)CNC2)CCN1C. The highest BCUT2D eigenvalue weighted by atomic mass is 16.5. The van der Waals surface area contributed by atoms with Gasteiger partial charge in [-0.1, -0.05) is 6.92 Å². The molecule has 0 aliphatic carbocycles. The second kappa shape index (κ2) is 5.65. The molecular formula is C13H27N3O. The fourth-order valence-corrected chi connectivity index (χ4v) is 2.65. The summed E-state index contributed by atoms with van der Waals surface area (Å²) in [6.45, 7) is 12.0. The molecule has 1 unspecified atom stereocenters. The zero-order valence-corrected chi connectivity index (χ0v) is 11.5. The van der Waals surface area contributed by atoms with Gasteiger partial charge in [-0.05, 0) is 20.4 Å². The van der Waals surface area contributed by atoms with Gasteiger partial charge in [-0.3, -0.25) is 4.90 Å². The predicted octanol–water partition coefficient (Wildman–Crippen LogP) is 0.391. The molecule has 0 saturated carbocycles. The van der Waals surface area contributed by atoms with Crippen molar-refractivity contribution in [1.29, 1.82) is 0 Å². The van der Waals surface area contributed by atoms with Crippen molar-refractivity contribution in [3.05, 3.63) is 0 Å². The molecule has 2 saturated heterocycles. The predicted molar refractivity (Wildman–Crippen MR) is 70.4 cm³/mol. The second-order valence-electron chi connectivity index (χ2n) is 5.75. The van der Waals surface area contributed by atoms with Crippen molar-refractivity contribution in [3.8, 4) is 0 Å². The van der Waals surface area contributed by atoms with Crippen molar-refractivity contribution in [3.63, 3.8) is 0 Å². The van der Waals surface area contributed by atoms with E-state index in [0.29, 0.717) is 0 Å². The van der Waals surface area contributed by atoms with Crippen LogP contribution in [0.3, 0.4) is 0 Å². The smallest absolute Gasteiger partial charge is 0.0902 e. The molecule has 2 aliphatic rings. The van der Waals surface area contributed by atoms with E-state index in [-0.39, 0.29) is 5.60 Å². The first kappa shape index (κ1) is 13.3. The Labute approximate surface area is 105 Å². The normalized spacial score (nSPS) is 30.2. The van der Waals surface area contributed by atoms with Crippen LogP contribution in [0.4, 0.5) is 0 Å². The molecule has 4 heteroatoms. The molecule has 17 heavy (non-hydrogen) atoms. The molecule has 4 nitrogen and oxygen atoms in total. The van der Waals surface area contributed by atoms with E-state index in [1.54, 1.807) is 0 Å². The fraction of sp³-hybridized carbons (Fsp3) is 1.00. The number of nitrogens with zero attached hydrogens (tertiary/aromatic N) is 2. The molecular weight excluding hydrogens is 214 g/mol. The Morgan fingerprint density at radius 2 is 2.12 bits per heavy atom. The van der Waals surface area contributed by atoms with Gasteiger partial charge in [0.1, 0.15) is 0 Å². The first-order valence-corrected chi connectivity index (χ1v) is 6.90. The van der Waals surface area contributed by atoms with E-state index >= 15 is 0 Å². The van der Waals surface area contributed by atoms with Crippen LogP contribution >= 0.6 is 0 Å². The summed E-state index contributed by atoms with van der Waals surface area (Å²) in [6, 6.07) is 0.727. The van der Waals surface area contributed by atoms with Crippen molar-refractivity contribution in [2.24, 2.45) is 0 Å². The Morgan fingerprint density at radius 1 is 1.35 bits per heavy atom. The Kier molecular flexibility index (Phi) is 4.42. The van der Waals surface area contributed by atoms with Gasteiger partial charge < -0.3 is 15.0 Å². The van der Waals surface area contributed by atoms with Crippen LogP contribution in [0.1, 0.15) is 20.3 Å². The van der Waals surface area contributed by atoms with Crippen LogP contribution in [0, 0.1) is 0 Å². The summed E-state index contributed by atoms with van der Waals surface area (Å²) in [5.74, 6) is 0. The monoisotopic (exact) mass is 241 g/mol. The Hall–Kier alpha value is -0.160. The number of nitrogens with one attached hydrogen (secondary N) is 1. The van der Waals surface area contributed by atoms with Gasteiger partial charge in [0.15, 0.2) is 0 Å². The topological polar surface area (TPSA) is 27.7 Å². The maximum Gasteiger partial charge on any atom is 0.0902 e. The third-order valence-corrected chi connectivity index (χ3v) is 4.19. The molecule has 1 N–H and O–H groups in total. The number of hydrogen-bond acceptors (Lipinski definition) is 4. The molecule has 100 valence electrons. The van der Waals surface area contributed by atoms with E-state index in [0.717, 1.165) is 32.3 Å². The molecule has 2 heterocycles. The third-order valence-electron chi connectivity index (χ3n) is 4.19. The molecule has 0 aromatic heterocycles. The van der Waals surface area contributed by atoms with Gasteiger partial charge >= 0.3 is 0 Å². The molecule has 2 fully saturated rings. The Morgan fingerprint density at radius 3 is 2.71 bits per heavy atom. The molecule has 2 aliphatic heterocycles. The van der Waals surface area contributed by atoms with E-state index in [1.807, 2.05) is 0 Å². The van der Waals surface area contributed by atoms with E-state index in [1.165, 1.54) is 26.1 Å². The van der Waals surface area contributed by atoms with Crippen molar-refractivity contribution < 1.29 is 4.74 Å². The number of hydrogen-bond donors (Lipinski definition) is 1. The summed E-state index contributed by atoms with van der Waals surface area (Å²) in [7, 11) is 2.24. The zero-order chi connectivity index (χ0) is 12.3. The van der Waals surface area contributed by atoms with Crippen LogP contribution in [0.5, 0.6) is 0 Å². The zero-order valence-electron chi connectivity index (χ0n) is 11.5. The van der Waals surface area contributed by atoms with Crippen molar-refractivity contribution in [2.75, 3.05) is 52.9 Å². The van der Waals surface area contributed by atoms with Gasteiger partial charge in [0.05, 0.1) is 12.2 Å². The lowest BCUT2D eigenvalue weighted by Crippen LogP contribution is -2.59. The quantitative estimate of drug-likeness (QED) is 0.754. The number of likely N-dealkylation sites (N-methyl/N-ethyl adjacent to an activating group) is 1. The van der Waals surface area contributed by atoms with Gasteiger partial charge in [-0.25, -0.2) is 0 Å². The summed E-state index contributed by atoms with van der Waals surface area (Å²) in [6.07, 6.45) is 1.25. The van der Waals surface area contributed by atoms with Crippen LogP contribution in [-0.2, 0) is 4.74 Å². The standard InChI is InChI=1S/C13H27N3O/c1-4-12-9-16(6-5-15(12)3)7-8-17-13(2)10-14-11-13/h12,14H,4-11H2,1-3H3. The first-order valence-electron chi connectivity index (χ1n) is 6.90. The largest absolute Gasteiger partial charge is 0.371 e. The van der Waals surface area contributed by atoms with Crippen LogP contribution in [-0.4, -0.2) is 74.4 Å². The van der Waals surface area contributed by atoms with E-state index in [4.69, 9.17) is 4.74 Å². The van der Waals surface area contributed by atoms with Crippen LogP contribution < -0.4 is 5.32 Å². The molecule has 0 radical (unpaired) electrons. The summed E-state index contributed by atoms with van der Waals surface area (Å²) >= 11 is 0. The molecule has 0 bridgehead atoms. The minimum atomic E-state index is 0.108. The minimum absolute atomic E-state index is 0.108. The fourth-order valence-electron chi connectivity index (χ4n) is 2.65. The Balaban J connectivity index is 1.65. The van der Waals surface area contributed by atoms with E-state index < -0.39 is 0 Å². The minimum Gasteiger partial charge on any atom is -0.371 e. The maximum absolute atomic E-state index is 5.95. The lowest BCUT2D eigenvalue weighted by molar-refractivity contribution is -0.0753. The third kappa shape index (κ3) is 3.41. The van der Waals surface area contributed by atoms with E-state index in [2.05, 4.69) is 36.0 Å². The Bertz CT molecular complexity index is 243. The molecule has 0 aromatic rings. The molecule has 0 spiro atoms. The first-order chi connectivity index (χ1) is 8.13. The van der Waals surface area contributed by atoms with Gasteiger partial charge in [-0.15, -0.1) is 0 Å². The van der Waals surface area contributed by atoms with Crippen LogP contribution in [0.15, 0.2) is 0 Å². The van der Waals surface area contributed by atoms with Crippen molar-refractivity contribution in [2.45, 2.75) is 31.9 Å². The highest BCUT2D eigenvalue weighted by Crippen LogP contribution is 2.15. The van der Waals surface area contributed by atoms with Gasteiger partial charge in [0.2, 0.25) is 0 Å². The van der Waals surface area contributed by atoms with Crippen molar-refractivity contribution >= 4 is 0 Å². The average Bonchev–Trinajstić information content (AvgIpc) is 2.29. The number of rotatable bonds is 5. The van der Waals surface area contributed by atoms with Crippen molar-refractivity contribution in [1.82, 2.24) is 15.1 Å². The van der Waals surface area contributed by atoms with Gasteiger partial charge in [0, 0.05) is 45.3 Å². The average molecular weight is 241 g/mol. The number of ether oxygens (including phenoxy) is 1. The lowest BCUT2D eigenvalue weighted by atomic mass is 10.0. The lowest BCUT2D eigenvalue weighted by Gasteiger charge is -2.41.